The average Bonchev–Trinajstić information content (AvgIpc) is 3.56. The van der Waals surface area contributed by atoms with Gasteiger partial charge in [-0.2, -0.15) is 5.26 Å². The molecule has 2 fully saturated rings. The maximum Gasteiger partial charge on any atom is 0.178 e. The van der Waals surface area contributed by atoms with Crippen LogP contribution in [0.4, 0.5) is 11.4 Å². The normalized spacial score (nSPS) is 19.6. The Kier molecular flexibility index (Phi) is 8.95. The topological polar surface area (TPSA) is 76.4 Å². The van der Waals surface area contributed by atoms with Gasteiger partial charge < -0.3 is 33.5 Å². The Labute approximate surface area is 323 Å². The van der Waals surface area contributed by atoms with Crippen molar-refractivity contribution in [2.45, 2.75) is 37.7 Å². The maximum atomic E-state index is 10.1. The second kappa shape index (κ2) is 14.0. The van der Waals surface area contributed by atoms with Crippen molar-refractivity contribution >= 4 is 28.2 Å². The lowest BCUT2D eigenvalue weighted by molar-refractivity contribution is 0.122. The van der Waals surface area contributed by atoms with Crippen LogP contribution in [0.5, 0.6) is 17.2 Å². The smallest absolute Gasteiger partial charge is 0.178 e. The molecule has 4 aliphatic rings. The second-order valence-electron chi connectivity index (χ2n) is 14.9. The number of anilines is 2. The highest BCUT2D eigenvalue weighted by molar-refractivity contribution is 6.10. The van der Waals surface area contributed by atoms with E-state index >= 15 is 0 Å². The van der Waals surface area contributed by atoms with E-state index in [2.05, 4.69) is 103 Å². The van der Waals surface area contributed by atoms with Gasteiger partial charge in [0.1, 0.15) is 17.2 Å². The largest absolute Gasteiger partial charge is 0.497 e. The summed E-state index contributed by atoms with van der Waals surface area (Å²) in [4.78, 5) is 4.74. The summed E-state index contributed by atoms with van der Waals surface area (Å²) in [6.07, 6.45) is 6.30. The zero-order valence-electron chi connectivity index (χ0n) is 32.1. The third kappa shape index (κ3) is 5.47. The number of fused-ring (bicyclic) bond motifs is 8. The van der Waals surface area contributed by atoms with Crippen molar-refractivity contribution in [3.05, 3.63) is 118 Å². The van der Waals surface area contributed by atoms with E-state index in [-0.39, 0.29) is 5.41 Å². The molecule has 0 aromatic heterocycles. The van der Waals surface area contributed by atoms with Gasteiger partial charge in [0.15, 0.2) is 5.60 Å². The van der Waals surface area contributed by atoms with Gasteiger partial charge in [0, 0.05) is 59.4 Å². The number of morpholine rings is 2. The molecule has 0 spiro atoms. The van der Waals surface area contributed by atoms with Gasteiger partial charge in [-0.15, -0.1) is 0 Å². The van der Waals surface area contributed by atoms with Crippen LogP contribution in [0.3, 0.4) is 0 Å². The molecule has 8 nitrogen and oxygen atoms in total. The first-order valence-corrected chi connectivity index (χ1v) is 19.5. The van der Waals surface area contributed by atoms with Crippen molar-refractivity contribution in [2.75, 3.05) is 76.6 Å². The predicted octanol–water partition coefficient (Wildman–Crippen LogP) is 8.84. The van der Waals surface area contributed by atoms with Crippen molar-refractivity contribution in [2.24, 2.45) is 0 Å². The minimum Gasteiger partial charge on any atom is -0.497 e. The lowest BCUT2D eigenvalue weighted by Crippen LogP contribution is -2.37. The highest BCUT2D eigenvalue weighted by atomic mass is 16.5. The standard InChI is InChI=1S/C47H47N3O5/c1-5-46(6-2)40-27-31(30-48)7-16-36(40)43-38-28-41(50-21-25-54-26-22-50)42(52-4)29-39(38)45-37(44(43)46)17-18-47(55-45,33-10-14-35(51-3)15-11-33)32-8-12-34(13-9-32)49-19-23-53-24-20-49/h7-18,27-29H,5-6,19-26H2,1-4H3. The summed E-state index contributed by atoms with van der Waals surface area (Å²) in [5.41, 5.74) is 9.63. The lowest BCUT2D eigenvalue weighted by Gasteiger charge is -2.40. The summed E-state index contributed by atoms with van der Waals surface area (Å²) in [7, 11) is 3.44. The number of hydrogen-bond donors (Lipinski definition) is 0. The summed E-state index contributed by atoms with van der Waals surface area (Å²) < 4.78 is 30.9. The fourth-order valence-corrected chi connectivity index (χ4v) is 9.55. The van der Waals surface area contributed by atoms with Gasteiger partial charge in [0.2, 0.25) is 0 Å². The first-order chi connectivity index (χ1) is 27.0. The number of rotatable bonds is 8. The second-order valence-corrected chi connectivity index (χ2v) is 14.9. The predicted molar refractivity (Wildman–Crippen MR) is 218 cm³/mol. The summed E-state index contributed by atoms with van der Waals surface area (Å²) >= 11 is 0. The van der Waals surface area contributed by atoms with Gasteiger partial charge >= 0.3 is 0 Å². The maximum absolute atomic E-state index is 10.1. The molecular formula is C47H47N3O5. The first-order valence-electron chi connectivity index (χ1n) is 19.5. The van der Waals surface area contributed by atoms with Gasteiger partial charge in [0.05, 0.1) is 58.0 Å². The highest BCUT2D eigenvalue weighted by Gasteiger charge is 2.47. The molecule has 1 atom stereocenters. The molecule has 8 heteroatoms. The van der Waals surface area contributed by atoms with Crippen LogP contribution < -0.4 is 24.0 Å². The van der Waals surface area contributed by atoms with Crippen LogP contribution in [0.2, 0.25) is 0 Å². The van der Waals surface area contributed by atoms with Gasteiger partial charge in [0.25, 0.3) is 0 Å². The Morgan fingerprint density at radius 2 is 1.40 bits per heavy atom. The van der Waals surface area contributed by atoms with Crippen molar-refractivity contribution in [1.29, 1.82) is 5.26 Å². The fourth-order valence-electron chi connectivity index (χ4n) is 9.55. The molecule has 2 saturated heterocycles. The van der Waals surface area contributed by atoms with E-state index in [0.29, 0.717) is 18.8 Å². The zero-order valence-corrected chi connectivity index (χ0v) is 32.1. The molecule has 5 aromatic carbocycles. The molecule has 280 valence electrons. The molecule has 0 amide bonds. The molecule has 1 aliphatic carbocycles. The van der Waals surface area contributed by atoms with Crippen molar-refractivity contribution in [1.82, 2.24) is 0 Å². The number of methoxy groups -OCH3 is 2. The van der Waals surface area contributed by atoms with Crippen LogP contribution >= 0.6 is 0 Å². The third-order valence-electron chi connectivity index (χ3n) is 12.5. The summed E-state index contributed by atoms with van der Waals surface area (Å²) in [6, 6.07) is 30.2. The zero-order chi connectivity index (χ0) is 37.7. The highest BCUT2D eigenvalue weighted by Crippen LogP contribution is 2.61. The molecule has 0 N–H and O–H groups in total. The number of hydrogen-bond acceptors (Lipinski definition) is 8. The SMILES string of the molecule is CCC1(CC)c2cc(C#N)ccc2-c2c1c1c(c3cc(OC)c(N4CCOCC4)cc23)OC(c2ccc(OC)cc2)(c2ccc(N3CCOCC3)cc2)C=C1. The number of benzene rings is 5. The summed E-state index contributed by atoms with van der Waals surface area (Å²) in [5.74, 6) is 2.42. The Bertz CT molecular complexity index is 2330. The van der Waals surface area contributed by atoms with Crippen LogP contribution in [0.25, 0.3) is 28.0 Å². The van der Waals surface area contributed by atoms with Crippen LogP contribution in [-0.2, 0) is 20.5 Å². The van der Waals surface area contributed by atoms with Gasteiger partial charge in [-0.3, -0.25) is 0 Å². The monoisotopic (exact) mass is 733 g/mol. The van der Waals surface area contributed by atoms with E-state index in [1.165, 1.54) is 27.9 Å². The molecule has 3 heterocycles. The van der Waals surface area contributed by atoms with Crippen LogP contribution in [0, 0.1) is 11.3 Å². The minimum absolute atomic E-state index is 0.317. The average molecular weight is 734 g/mol. The van der Waals surface area contributed by atoms with Crippen molar-refractivity contribution in [3.8, 4) is 34.4 Å². The van der Waals surface area contributed by atoms with E-state index in [1.807, 2.05) is 18.2 Å². The lowest BCUT2D eigenvalue weighted by atomic mass is 9.71. The summed E-state index contributed by atoms with van der Waals surface area (Å²) in [6.45, 7) is 10.6. The Balaban J connectivity index is 1.32. The molecular weight excluding hydrogens is 687 g/mol. The Hall–Kier alpha value is -5.49. The van der Waals surface area contributed by atoms with E-state index in [0.717, 1.165) is 103 Å². The van der Waals surface area contributed by atoms with Gasteiger partial charge in [-0.05, 0) is 95.1 Å². The molecule has 3 aliphatic heterocycles. The first kappa shape index (κ1) is 35.2. The van der Waals surface area contributed by atoms with Crippen LogP contribution in [0.15, 0.2) is 84.9 Å². The van der Waals surface area contributed by atoms with Gasteiger partial charge in [-0.25, -0.2) is 0 Å². The van der Waals surface area contributed by atoms with Gasteiger partial charge in [-0.1, -0.05) is 50.3 Å². The molecule has 1 unspecified atom stereocenters. The van der Waals surface area contributed by atoms with E-state index < -0.39 is 5.60 Å². The van der Waals surface area contributed by atoms with E-state index in [9.17, 15) is 5.26 Å². The fraction of sp³-hybridized carbons (Fsp3) is 0.340. The van der Waals surface area contributed by atoms with E-state index in [1.54, 1.807) is 14.2 Å². The molecule has 0 saturated carbocycles. The minimum atomic E-state index is -0.944. The third-order valence-corrected chi connectivity index (χ3v) is 12.5. The molecule has 0 bridgehead atoms. The van der Waals surface area contributed by atoms with Crippen molar-refractivity contribution < 1.29 is 23.7 Å². The Morgan fingerprint density at radius 1 is 0.745 bits per heavy atom. The molecule has 55 heavy (non-hydrogen) atoms. The van der Waals surface area contributed by atoms with Crippen molar-refractivity contribution in [3.63, 3.8) is 0 Å². The molecule has 5 aromatic rings. The number of nitrogens with zero attached hydrogens (tertiary/aromatic N) is 3. The quantitative estimate of drug-likeness (QED) is 0.157. The molecule has 9 rings (SSSR count). The number of nitriles is 1. The number of ether oxygens (including phenoxy) is 5. The summed E-state index contributed by atoms with van der Waals surface area (Å²) in [5, 5.41) is 12.2. The van der Waals surface area contributed by atoms with Crippen LogP contribution in [0.1, 0.15) is 60.1 Å². The molecule has 0 radical (unpaired) electrons. The van der Waals surface area contributed by atoms with E-state index in [4.69, 9.17) is 23.7 Å². The van der Waals surface area contributed by atoms with Crippen LogP contribution in [-0.4, -0.2) is 66.8 Å². The Morgan fingerprint density at radius 3 is 2.02 bits per heavy atom.